The first-order chi connectivity index (χ1) is 13.1. The lowest BCUT2D eigenvalue weighted by molar-refractivity contribution is 0.540. The number of fused-ring (bicyclic) bond motifs is 2. The average Bonchev–Trinajstić information content (AvgIpc) is 3.11. The Bertz CT molecular complexity index is 1160. The largest absolute Gasteiger partial charge is 0.463 e. The number of hydrogen-bond donors (Lipinski definition) is 0. The van der Waals surface area contributed by atoms with E-state index in [0.717, 1.165) is 69.9 Å². The van der Waals surface area contributed by atoms with Gasteiger partial charge in [-0.3, -0.25) is 0 Å². The van der Waals surface area contributed by atoms with Gasteiger partial charge < -0.3 is 8.83 Å². The van der Waals surface area contributed by atoms with Gasteiger partial charge in [0, 0.05) is 27.5 Å². The monoisotopic (exact) mass is 360 g/mol. The molecule has 138 valence electrons. The molecule has 4 rings (SSSR count). The highest BCUT2D eigenvalue weighted by atomic mass is 16.4. The standard InChI is InChI=1S/C24H24O3/c1-4-5-7-12-18-15(2)19-13-20-21(17-10-8-6-9-11-17)14-26-22(20)16(3)23(19)27-24(18)25/h6,8-11,13-14H,4-5,7,12H2,1-3H3. The summed E-state index contributed by atoms with van der Waals surface area (Å²) in [7, 11) is 0. The molecule has 0 unspecified atom stereocenters. The molecule has 0 saturated heterocycles. The first-order valence-electron chi connectivity index (χ1n) is 9.64. The lowest BCUT2D eigenvalue weighted by Crippen LogP contribution is -2.10. The van der Waals surface area contributed by atoms with Crippen molar-refractivity contribution in [2.75, 3.05) is 0 Å². The van der Waals surface area contributed by atoms with Crippen molar-refractivity contribution in [3.63, 3.8) is 0 Å². The Labute approximate surface area is 158 Å². The van der Waals surface area contributed by atoms with Crippen LogP contribution in [0, 0.1) is 13.8 Å². The molecular formula is C24H24O3. The average molecular weight is 360 g/mol. The number of hydrogen-bond acceptors (Lipinski definition) is 3. The summed E-state index contributed by atoms with van der Waals surface area (Å²) in [6.07, 6.45) is 5.82. The van der Waals surface area contributed by atoms with E-state index in [0.29, 0.717) is 5.58 Å². The van der Waals surface area contributed by atoms with E-state index in [1.54, 1.807) is 6.26 Å². The number of furan rings is 1. The van der Waals surface area contributed by atoms with Crippen molar-refractivity contribution in [1.82, 2.24) is 0 Å². The number of unbranched alkanes of at least 4 members (excludes halogenated alkanes) is 2. The Morgan fingerprint density at radius 1 is 0.926 bits per heavy atom. The number of rotatable bonds is 5. The molecule has 0 radical (unpaired) electrons. The molecule has 3 nitrogen and oxygen atoms in total. The molecule has 0 aliphatic carbocycles. The van der Waals surface area contributed by atoms with Crippen LogP contribution in [0.5, 0.6) is 0 Å². The highest BCUT2D eigenvalue weighted by Gasteiger charge is 2.18. The van der Waals surface area contributed by atoms with Crippen molar-refractivity contribution >= 4 is 21.9 Å². The fourth-order valence-corrected chi connectivity index (χ4v) is 3.88. The van der Waals surface area contributed by atoms with E-state index in [-0.39, 0.29) is 5.63 Å². The van der Waals surface area contributed by atoms with Gasteiger partial charge in [0.05, 0.1) is 6.26 Å². The lowest BCUT2D eigenvalue weighted by atomic mass is 9.96. The van der Waals surface area contributed by atoms with E-state index in [4.69, 9.17) is 8.83 Å². The van der Waals surface area contributed by atoms with Crippen LogP contribution in [0.15, 0.2) is 56.3 Å². The normalized spacial score (nSPS) is 11.5. The fraction of sp³-hybridized carbons (Fsp3) is 0.292. The third-order valence-electron chi connectivity index (χ3n) is 5.46. The Morgan fingerprint density at radius 3 is 2.44 bits per heavy atom. The molecule has 2 aromatic carbocycles. The lowest BCUT2D eigenvalue weighted by Gasteiger charge is -2.10. The quantitative estimate of drug-likeness (QED) is 0.299. The molecule has 27 heavy (non-hydrogen) atoms. The molecule has 3 heteroatoms. The molecule has 2 heterocycles. The van der Waals surface area contributed by atoms with Crippen molar-refractivity contribution in [2.45, 2.75) is 46.5 Å². The van der Waals surface area contributed by atoms with Gasteiger partial charge in [-0.05, 0) is 43.9 Å². The molecule has 0 aliphatic rings. The van der Waals surface area contributed by atoms with Gasteiger partial charge in [-0.25, -0.2) is 4.79 Å². The molecular weight excluding hydrogens is 336 g/mol. The van der Waals surface area contributed by atoms with Crippen molar-refractivity contribution in [1.29, 1.82) is 0 Å². The van der Waals surface area contributed by atoms with Crippen LogP contribution in [-0.2, 0) is 6.42 Å². The van der Waals surface area contributed by atoms with Crippen LogP contribution in [0.4, 0.5) is 0 Å². The van der Waals surface area contributed by atoms with Gasteiger partial charge in [0.2, 0.25) is 0 Å². The highest BCUT2D eigenvalue weighted by molar-refractivity contribution is 6.04. The van der Waals surface area contributed by atoms with Gasteiger partial charge >= 0.3 is 5.63 Å². The third kappa shape index (κ3) is 2.97. The predicted octanol–water partition coefficient (Wildman–Crippen LogP) is 6.56. The number of benzene rings is 2. The summed E-state index contributed by atoms with van der Waals surface area (Å²) < 4.78 is 11.6. The maximum Gasteiger partial charge on any atom is 0.339 e. The van der Waals surface area contributed by atoms with Crippen LogP contribution < -0.4 is 5.63 Å². The molecule has 0 fully saturated rings. The summed E-state index contributed by atoms with van der Waals surface area (Å²) in [5.74, 6) is 0. The summed E-state index contributed by atoms with van der Waals surface area (Å²) in [6, 6.07) is 12.3. The molecule has 0 amide bonds. The van der Waals surface area contributed by atoms with E-state index < -0.39 is 0 Å². The second-order valence-electron chi connectivity index (χ2n) is 7.22. The summed E-state index contributed by atoms with van der Waals surface area (Å²) in [5.41, 5.74) is 6.10. The maximum atomic E-state index is 12.6. The first-order valence-corrected chi connectivity index (χ1v) is 9.64. The van der Waals surface area contributed by atoms with Crippen molar-refractivity contribution in [2.24, 2.45) is 0 Å². The van der Waals surface area contributed by atoms with Crippen molar-refractivity contribution in [3.05, 3.63) is 69.8 Å². The smallest absolute Gasteiger partial charge is 0.339 e. The minimum absolute atomic E-state index is 0.214. The zero-order chi connectivity index (χ0) is 19.0. The zero-order valence-electron chi connectivity index (χ0n) is 16.1. The van der Waals surface area contributed by atoms with Gasteiger partial charge in [0.1, 0.15) is 11.2 Å². The third-order valence-corrected chi connectivity index (χ3v) is 5.46. The van der Waals surface area contributed by atoms with E-state index >= 15 is 0 Å². The molecule has 0 bridgehead atoms. The maximum absolute atomic E-state index is 12.6. The Balaban J connectivity index is 1.96. The molecule has 0 aliphatic heterocycles. The summed E-state index contributed by atoms with van der Waals surface area (Å²) in [4.78, 5) is 12.6. The SMILES string of the molecule is CCCCCc1c(C)c2cc3c(-c4ccccc4)coc3c(C)c2oc1=O. The number of aryl methyl sites for hydroxylation is 2. The van der Waals surface area contributed by atoms with Crippen LogP contribution in [-0.4, -0.2) is 0 Å². The second kappa shape index (κ2) is 7.07. The van der Waals surface area contributed by atoms with Crippen LogP contribution in [0.2, 0.25) is 0 Å². The van der Waals surface area contributed by atoms with Gasteiger partial charge in [0.25, 0.3) is 0 Å². The molecule has 2 aromatic heterocycles. The Kier molecular flexibility index (Phi) is 4.61. The topological polar surface area (TPSA) is 43.4 Å². The van der Waals surface area contributed by atoms with Gasteiger partial charge in [-0.2, -0.15) is 0 Å². The Morgan fingerprint density at radius 2 is 1.70 bits per heavy atom. The summed E-state index contributed by atoms with van der Waals surface area (Å²) in [5, 5.41) is 2.06. The van der Waals surface area contributed by atoms with Gasteiger partial charge in [-0.15, -0.1) is 0 Å². The van der Waals surface area contributed by atoms with E-state index in [2.05, 4.69) is 25.1 Å². The summed E-state index contributed by atoms with van der Waals surface area (Å²) in [6.45, 7) is 6.16. The van der Waals surface area contributed by atoms with E-state index in [9.17, 15) is 4.79 Å². The second-order valence-corrected chi connectivity index (χ2v) is 7.22. The highest BCUT2D eigenvalue weighted by Crippen LogP contribution is 2.37. The predicted molar refractivity (Wildman–Crippen MR) is 110 cm³/mol. The molecule has 0 N–H and O–H groups in total. The van der Waals surface area contributed by atoms with Gasteiger partial charge in [-0.1, -0.05) is 50.1 Å². The van der Waals surface area contributed by atoms with E-state index in [1.807, 2.05) is 32.0 Å². The van der Waals surface area contributed by atoms with Crippen molar-refractivity contribution in [3.8, 4) is 11.1 Å². The zero-order valence-corrected chi connectivity index (χ0v) is 16.1. The molecule has 4 aromatic rings. The fourth-order valence-electron chi connectivity index (χ4n) is 3.88. The van der Waals surface area contributed by atoms with E-state index in [1.165, 1.54) is 0 Å². The van der Waals surface area contributed by atoms with Gasteiger partial charge in [0.15, 0.2) is 0 Å². The molecule has 0 atom stereocenters. The van der Waals surface area contributed by atoms with Crippen LogP contribution in [0.25, 0.3) is 33.1 Å². The first kappa shape index (κ1) is 17.6. The Hall–Kier alpha value is -2.81. The summed E-state index contributed by atoms with van der Waals surface area (Å²) >= 11 is 0. The van der Waals surface area contributed by atoms with Crippen LogP contribution in [0.3, 0.4) is 0 Å². The minimum Gasteiger partial charge on any atom is -0.463 e. The molecule has 0 saturated carbocycles. The van der Waals surface area contributed by atoms with Crippen LogP contribution >= 0.6 is 0 Å². The molecule has 0 spiro atoms. The van der Waals surface area contributed by atoms with Crippen LogP contribution in [0.1, 0.15) is 42.9 Å². The minimum atomic E-state index is -0.214. The van der Waals surface area contributed by atoms with Crippen molar-refractivity contribution < 1.29 is 8.83 Å².